The number of thioether (sulfide) groups is 1. The van der Waals surface area contributed by atoms with Gasteiger partial charge in [0.15, 0.2) is 0 Å². The zero-order chi connectivity index (χ0) is 14.7. The van der Waals surface area contributed by atoms with Gasteiger partial charge in [-0.05, 0) is 19.3 Å². The lowest BCUT2D eigenvalue weighted by atomic mass is 9.88. The van der Waals surface area contributed by atoms with Gasteiger partial charge < -0.3 is 10.2 Å². The summed E-state index contributed by atoms with van der Waals surface area (Å²) in [5.41, 5.74) is 0. The minimum Gasteiger partial charge on any atom is -0.350 e. The summed E-state index contributed by atoms with van der Waals surface area (Å²) in [6, 6.07) is 0.0792. The lowest BCUT2D eigenvalue weighted by molar-refractivity contribution is -0.135. The van der Waals surface area contributed by atoms with Gasteiger partial charge >= 0.3 is 0 Å². The average molecular weight is 311 g/mol. The summed E-state index contributed by atoms with van der Waals surface area (Å²) in [5.74, 6) is 2.36. The second-order valence-electron chi connectivity index (χ2n) is 6.39. The third-order valence-corrected chi connectivity index (χ3v) is 5.77. The second-order valence-corrected chi connectivity index (χ2v) is 7.42. The van der Waals surface area contributed by atoms with E-state index in [0.29, 0.717) is 12.5 Å². The van der Waals surface area contributed by atoms with Crippen molar-refractivity contribution in [1.29, 1.82) is 0 Å². The van der Waals surface area contributed by atoms with Crippen molar-refractivity contribution in [3.8, 4) is 0 Å². The quantitative estimate of drug-likeness (QED) is 0.814. The van der Waals surface area contributed by atoms with Gasteiger partial charge in [0.1, 0.15) is 0 Å². The summed E-state index contributed by atoms with van der Waals surface area (Å²) in [7, 11) is 0. The van der Waals surface area contributed by atoms with Crippen molar-refractivity contribution < 1.29 is 9.59 Å². The molecule has 0 aromatic rings. The Morgan fingerprint density at radius 2 is 1.95 bits per heavy atom. The Kier molecular flexibility index (Phi) is 5.06. The van der Waals surface area contributed by atoms with Gasteiger partial charge in [-0.2, -0.15) is 0 Å². The number of likely N-dealkylation sites (tertiary alicyclic amines) is 1. The van der Waals surface area contributed by atoms with Crippen LogP contribution in [0.15, 0.2) is 0 Å². The van der Waals surface area contributed by atoms with E-state index in [1.807, 2.05) is 4.90 Å². The topological polar surface area (TPSA) is 61.4 Å². The predicted octanol–water partition coefficient (Wildman–Crippen LogP) is 0.946. The zero-order valence-corrected chi connectivity index (χ0v) is 13.3. The minimum atomic E-state index is -0.0573. The average Bonchev–Trinajstić information content (AvgIpc) is 3.19. The number of amides is 2. The summed E-state index contributed by atoms with van der Waals surface area (Å²) in [4.78, 5) is 26.5. The Morgan fingerprint density at radius 3 is 2.67 bits per heavy atom. The molecule has 2 amide bonds. The molecular weight excluding hydrogens is 286 g/mol. The Hall–Kier alpha value is -0.750. The molecule has 2 N–H and O–H groups in total. The predicted molar refractivity (Wildman–Crippen MR) is 84.0 cm³/mol. The van der Waals surface area contributed by atoms with Crippen molar-refractivity contribution in [2.45, 2.75) is 50.6 Å². The molecule has 3 aliphatic rings. The van der Waals surface area contributed by atoms with Crippen LogP contribution in [-0.4, -0.2) is 53.5 Å². The summed E-state index contributed by atoms with van der Waals surface area (Å²) < 4.78 is 0. The molecular formula is C15H25N3O2S. The van der Waals surface area contributed by atoms with Crippen LogP contribution < -0.4 is 10.6 Å². The number of carbonyl (C=O) groups is 2. The first-order valence-electron chi connectivity index (χ1n) is 8.14. The number of nitrogens with zero attached hydrogens (tertiary/aromatic N) is 1. The van der Waals surface area contributed by atoms with Crippen LogP contribution in [0.3, 0.4) is 0 Å². The minimum absolute atomic E-state index is 0.0573. The van der Waals surface area contributed by atoms with E-state index in [9.17, 15) is 9.59 Å². The molecule has 0 spiro atoms. The SMILES string of the molecule is O=C(NC1CCN(C(=O)C2CCCCC2)C1)C1CSCN1. The standard InChI is InChI=1S/C15H25N3O2S/c19-14(13-9-21-10-16-13)17-12-6-7-18(8-12)15(20)11-4-2-1-3-5-11/h11-13,16H,1-10H2,(H,17,19). The van der Waals surface area contributed by atoms with Gasteiger partial charge in [0.25, 0.3) is 0 Å². The van der Waals surface area contributed by atoms with Crippen molar-refractivity contribution in [2.75, 3.05) is 24.7 Å². The normalized spacial score (nSPS) is 30.6. The van der Waals surface area contributed by atoms with Gasteiger partial charge in [-0.15, -0.1) is 11.8 Å². The maximum atomic E-state index is 12.5. The number of rotatable bonds is 3. The molecule has 2 atom stereocenters. The molecule has 0 radical (unpaired) electrons. The summed E-state index contributed by atoms with van der Waals surface area (Å²) in [6.45, 7) is 1.49. The third-order valence-electron chi connectivity index (χ3n) is 4.83. The maximum absolute atomic E-state index is 12.5. The van der Waals surface area contributed by atoms with E-state index in [4.69, 9.17) is 0 Å². The Labute approximate surface area is 130 Å². The molecule has 118 valence electrons. The van der Waals surface area contributed by atoms with Crippen LogP contribution in [0.25, 0.3) is 0 Å². The third kappa shape index (κ3) is 3.72. The smallest absolute Gasteiger partial charge is 0.238 e. The van der Waals surface area contributed by atoms with E-state index in [-0.39, 0.29) is 23.9 Å². The van der Waals surface area contributed by atoms with E-state index in [0.717, 1.165) is 37.4 Å². The van der Waals surface area contributed by atoms with Crippen LogP contribution in [0.2, 0.25) is 0 Å². The number of nitrogens with one attached hydrogen (secondary N) is 2. The van der Waals surface area contributed by atoms with Crippen LogP contribution in [0.4, 0.5) is 0 Å². The van der Waals surface area contributed by atoms with Crippen LogP contribution in [0.5, 0.6) is 0 Å². The first-order valence-corrected chi connectivity index (χ1v) is 9.30. The van der Waals surface area contributed by atoms with Crippen molar-refractivity contribution in [3.05, 3.63) is 0 Å². The Morgan fingerprint density at radius 1 is 1.14 bits per heavy atom. The Balaban J connectivity index is 1.46. The molecule has 1 saturated carbocycles. The Bertz CT molecular complexity index is 392. The molecule has 6 heteroatoms. The first kappa shape index (κ1) is 15.2. The molecule has 3 rings (SSSR count). The van der Waals surface area contributed by atoms with Gasteiger partial charge in [-0.25, -0.2) is 0 Å². The van der Waals surface area contributed by atoms with Crippen LogP contribution in [0.1, 0.15) is 38.5 Å². The largest absolute Gasteiger partial charge is 0.350 e. The highest BCUT2D eigenvalue weighted by Crippen LogP contribution is 2.26. The lowest BCUT2D eigenvalue weighted by Gasteiger charge is -2.26. The highest BCUT2D eigenvalue weighted by Gasteiger charge is 2.33. The zero-order valence-electron chi connectivity index (χ0n) is 12.5. The molecule has 2 saturated heterocycles. The van der Waals surface area contributed by atoms with Gasteiger partial charge in [-0.1, -0.05) is 19.3 Å². The summed E-state index contributed by atoms with van der Waals surface area (Å²) in [6.07, 6.45) is 6.65. The van der Waals surface area contributed by atoms with Crippen molar-refractivity contribution in [2.24, 2.45) is 5.92 Å². The van der Waals surface area contributed by atoms with E-state index < -0.39 is 0 Å². The molecule has 2 unspecified atom stereocenters. The van der Waals surface area contributed by atoms with Crippen LogP contribution in [0, 0.1) is 5.92 Å². The highest BCUT2D eigenvalue weighted by atomic mass is 32.2. The van der Waals surface area contributed by atoms with Gasteiger partial charge in [0, 0.05) is 36.7 Å². The molecule has 21 heavy (non-hydrogen) atoms. The number of carbonyl (C=O) groups excluding carboxylic acids is 2. The van der Waals surface area contributed by atoms with Crippen molar-refractivity contribution >= 4 is 23.6 Å². The van der Waals surface area contributed by atoms with Crippen molar-refractivity contribution in [3.63, 3.8) is 0 Å². The molecule has 5 nitrogen and oxygen atoms in total. The van der Waals surface area contributed by atoms with Crippen LogP contribution in [-0.2, 0) is 9.59 Å². The van der Waals surface area contributed by atoms with Gasteiger partial charge in [0.05, 0.1) is 6.04 Å². The van der Waals surface area contributed by atoms with E-state index in [2.05, 4.69) is 10.6 Å². The van der Waals surface area contributed by atoms with Crippen molar-refractivity contribution in [1.82, 2.24) is 15.5 Å². The van der Waals surface area contributed by atoms with Gasteiger partial charge in [0.2, 0.25) is 11.8 Å². The number of hydrogen-bond donors (Lipinski definition) is 2. The number of hydrogen-bond acceptors (Lipinski definition) is 4. The fourth-order valence-corrected chi connectivity index (χ4v) is 4.49. The fraction of sp³-hybridized carbons (Fsp3) is 0.867. The fourth-order valence-electron chi connectivity index (χ4n) is 3.55. The first-order chi connectivity index (χ1) is 10.2. The van der Waals surface area contributed by atoms with Crippen LogP contribution >= 0.6 is 11.8 Å². The summed E-state index contributed by atoms with van der Waals surface area (Å²) in [5, 5.41) is 6.29. The molecule has 0 bridgehead atoms. The molecule has 0 aromatic heterocycles. The lowest BCUT2D eigenvalue weighted by Crippen LogP contribution is -2.47. The monoisotopic (exact) mass is 311 g/mol. The van der Waals surface area contributed by atoms with E-state index in [1.165, 1.54) is 19.3 Å². The highest BCUT2D eigenvalue weighted by molar-refractivity contribution is 7.99. The molecule has 0 aromatic carbocycles. The summed E-state index contributed by atoms with van der Waals surface area (Å²) >= 11 is 1.76. The second kappa shape index (κ2) is 7.01. The molecule has 2 heterocycles. The van der Waals surface area contributed by atoms with Gasteiger partial charge in [-0.3, -0.25) is 14.9 Å². The molecule has 1 aliphatic carbocycles. The molecule has 2 aliphatic heterocycles. The maximum Gasteiger partial charge on any atom is 0.238 e. The van der Waals surface area contributed by atoms with E-state index >= 15 is 0 Å². The molecule has 3 fully saturated rings. The van der Waals surface area contributed by atoms with E-state index in [1.54, 1.807) is 11.8 Å².